The van der Waals surface area contributed by atoms with Gasteiger partial charge in [-0.05, 0) is 0 Å². The topological polar surface area (TPSA) is 144 Å². The van der Waals surface area contributed by atoms with Crippen LogP contribution in [0.3, 0.4) is 0 Å². The van der Waals surface area contributed by atoms with Crippen molar-refractivity contribution < 1.29 is 24.6 Å². The summed E-state index contributed by atoms with van der Waals surface area (Å²) in [7, 11) is 0. The molecule has 6 N–H and O–H groups in total. The van der Waals surface area contributed by atoms with E-state index >= 15 is 0 Å². The van der Waals surface area contributed by atoms with Crippen LogP contribution in [0.4, 0.5) is 4.79 Å². The van der Waals surface area contributed by atoms with E-state index in [2.05, 4.69) is 30.9 Å². The number of urea groups is 1. The molecule has 0 fully saturated rings. The fraction of sp³-hybridized carbons (Fsp3) is 0.125. The molecule has 0 aliphatic heterocycles. The average Bonchev–Trinajstić information content (AvgIpc) is 2.05. The van der Waals surface area contributed by atoms with Gasteiger partial charge in [0.15, 0.2) is 0 Å². The van der Waals surface area contributed by atoms with Gasteiger partial charge in [-0.15, -0.1) is 12.8 Å². The summed E-state index contributed by atoms with van der Waals surface area (Å²) in [5.74, 6) is -2.44. The molecule has 7 heteroatoms. The van der Waals surface area contributed by atoms with Crippen molar-refractivity contribution in [1.82, 2.24) is 0 Å². The van der Waals surface area contributed by atoms with Gasteiger partial charge < -0.3 is 21.7 Å². The first kappa shape index (κ1) is 18.3. The number of terminal acetylenes is 1. The molecular formula is C8H12N2O5. The van der Waals surface area contributed by atoms with Crippen LogP contribution in [-0.2, 0) is 9.59 Å². The maximum atomic E-state index is 9.87. The molecule has 0 aliphatic rings. The Morgan fingerprint density at radius 3 is 1.47 bits per heavy atom. The Bertz CT molecular complexity index is 265. The molecule has 0 saturated heterocycles. The van der Waals surface area contributed by atoms with Crippen molar-refractivity contribution in [2.75, 3.05) is 0 Å². The number of amides is 2. The van der Waals surface area contributed by atoms with Gasteiger partial charge in [0.05, 0.1) is 6.42 Å². The monoisotopic (exact) mass is 216 g/mol. The molecule has 0 bridgehead atoms. The van der Waals surface area contributed by atoms with Crippen molar-refractivity contribution in [1.29, 1.82) is 0 Å². The fourth-order valence-corrected chi connectivity index (χ4v) is 0.258. The number of carbonyl (C=O) groups is 3. The largest absolute Gasteiger partial charge is 0.481 e. The molecule has 0 aromatic heterocycles. The molecule has 0 rings (SSSR count). The second-order valence-corrected chi connectivity index (χ2v) is 1.88. The third kappa shape index (κ3) is 34.3. The fourth-order valence-electron chi connectivity index (χ4n) is 0.258. The highest BCUT2D eigenvalue weighted by Gasteiger charge is 2.07. The van der Waals surface area contributed by atoms with E-state index in [0.717, 1.165) is 0 Å². The van der Waals surface area contributed by atoms with Crippen molar-refractivity contribution in [3.63, 3.8) is 0 Å². The highest BCUT2D eigenvalue weighted by molar-refractivity contribution is 5.91. The summed E-state index contributed by atoms with van der Waals surface area (Å²) in [6, 6.07) is -0.833. The highest BCUT2D eigenvalue weighted by atomic mass is 16.4. The summed E-state index contributed by atoms with van der Waals surface area (Å²) < 4.78 is 0. The molecule has 0 saturated carbocycles. The highest BCUT2D eigenvalue weighted by Crippen LogP contribution is 1.95. The molecule has 0 aromatic rings. The Labute approximate surface area is 86.4 Å². The first-order chi connectivity index (χ1) is 6.77. The lowest BCUT2D eigenvalue weighted by Gasteiger charge is -1.91. The molecule has 0 aromatic carbocycles. The number of primary amides is 2. The third-order valence-corrected chi connectivity index (χ3v) is 0.667. The lowest BCUT2D eigenvalue weighted by Crippen LogP contribution is -2.18. The Hall–Kier alpha value is -2.49. The maximum Gasteiger partial charge on any atom is 0.331 e. The van der Waals surface area contributed by atoms with Crippen molar-refractivity contribution >= 4 is 18.0 Å². The van der Waals surface area contributed by atoms with Crippen LogP contribution in [0.15, 0.2) is 12.2 Å². The van der Waals surface area contributed by atoms with Crippen molar-refractivity contribution in [2.45, 2.75) is 6.42 Å². The maximum absolute atomic E-state index is 9.87. The summed E-state index contributed by atoms with van der Waals surface area (Å²) in [5, 5.41) is 16.1. The summed E-state index contributed by atoms with van der Waals surface area (Å²) >= 11 is 0. The minimum Gasteiger partial charge on any atom is -0.481 e. The molecule has 0 heterocycles. The van der Waals surface area contributed by atoms with E-state index in [9.17, 15) is 9.59 Å². The van der Waals surface area contributed by atoms with Crippen LogP contribution in [0.25, 0.3) is 0 Å². The molecule has 0 unspecified atom stereocenters. The SMILES string of the molecule is C#C.C=C(CC(=O)O)C(=O)O.NC(N)=O. The molecule has 0 atom stereocenters. The van der Waals surface area contributed by atoms with Crippen molar-refractivity contribution in [2.24, 2.45) is 11.5 Å². The van der Waals surface area contributed by atoms with Crippen molar-refractivity contribution in [3.8, 4) is 12.8 Å². The Morgan fingerprint density at radius 2 is 1.40 bits per heavy atom. The predicted octanol–water partition coefficient (Wildman–Crippen LogP) is -0.625. The van der Waals surface area contributed by atoms with E-state index in [1.54, 1.807) is 0 Å². The number of aliphatic carboxylic acids is 2. The summed E-state index contributed by atoms with van der Waals surface area (Å²) in [4.78, 5) is 28.7. The van der Waals surface area contributed by atoms with Crippen LogP contribution in [-0.4, -0.2) is 28.2 Å². The molecule has 15 heavy (non-hydrogen) atoms. The van der Waals surface area contributed by atoms with Gasteiger partial charge in [-0.2, -0.15) is 0 Å². The summed E-state index contributed by atoms with van der Waals surface area (Å²) in [6.07, 6.45) is 7.50. The van der Waals surface area contributed by atoms with Gasteiger partial charge in [0, 0.05) is 5.57 Å². The predicted molar refractivity (Wildman–Crippen MR) is 52.7 cm³/mol. The Balaban J connectivity index is -0.000000202. The third-order valence-electron chi connectivity index (χ3n) is 0.667. The van der Waals surface area contributed by atoms with Gasteiger partial charge in [-0.1, -0.05) is 6.58 Å². The van der Waals surface area contributed by atoms with E-state index in [-0.39, 0.29) is 5.57 Å². The molecule has 0 radical (unpaired) electrons. The van der Waals surface area contributed by atoms with Crippen LogP contribution >= 0.6 is 0 Å². The van der Waals surface area contributed by atoms with Gasteiger partial charge in [0.2, 0.25) is 0 Å². The van der Waals surface area contributed by atoms with Gasteiger partial charge in [0.1, 0.15) is 0 Å². The van der Waals surface area contributed by atoms with Gasteiger partial charge >= 0.3 is 18.0 Å². The number of hydrogen-bond donors (Lipinski definition) is 4. The van der Waals surface area contributed by atoms with Gasteiger partial charge in [-0.25, -0.2) is 9.59 Å². The minimum absolute atomic E-state index is 0.303. The summed E-state index contributed by atoms with van der Waals surface area (Å²) in [5.41, 5.74) is 8.20. The van der Waals surface area contributed by atoms with Gasteiger partial charge in [0.25, 0.3) is 0 Å². The molecule has 2 amide bonds. The van der Waals surface area contributed by atoms with E-state index in [1.165, 1.54) is 0 Å². The minimum atomic E-state index is -1.27. The van der Waals surface area contributed by atoms with E-state index in [1.807, 2.05) is 0 Å². The number of hydrogen-bond acceptors (Lipinski definition) is 3. The quantitative estimate of drug-likeness (QED) is 0.367. The van der Waals surface area contributed by atoms with E-state index in [4.69, 9.17) is 15.0 Å². The molecule has 7 nitrogen and oxygen atoms in total. The first-order valence-corrected chi connectivity index (χ1v) is 3.28. The van der Waals surface area contributed by atoms with Crippen LogP contribution < -0.4 is 11.5 Å². The number of nitrogens with two attached hydrogens (primary N) is 2. The Morgan fingerprint density at radius 1 is 1.13 bits per heavy atom. The lowest BCUT2D eigenvalue weighted by molar-refractivity contribution is -0.139. The molecule has 0 aliphatic carbocycles. The smallest absolute Gasteiger partial charge is 0.331 e. The van der Waals surface area contributed by atoms with Gasteiger partial charge in [-0.3, -0.25) is 4.79 Å². The normalized spacial score (nSPS) is 6.80. The number of rotatable bonds is 3. The first-order valence-electron chi connectivity index (χ1n) is 3.28. The number of carboxylic acid groups (broad SMARTS) is 2. The Kier molecular flexibility index (Phi) is 14.1. The zero-order valence-electron chi connectivity index (χ0n) is 7.84. The van der Waals surface area contributed by atoms with Crippen LogP contribution in [0, 0.1) is 12.8 Å². The van der Waals surface area contributed by atoms with E-state index in [0.29, 0.717) is 0 Å². The second-order valence-electron chi connectivity index (χ2n) is 1.88. The van der Waals surface area contributed by atoms with E-state index < -0.39 is 24.4 Å². The number of carboxylic acids is 2. The standard InChI is InChI=1S/C5H6O4.C2H2.CH4N2O/c1-3(5(8)9)2-4(6)7;1-2;2-1(3)4/h1-2H2,(H,6,7)(H,8,9);1-2H;(H4,2,3,4). The molecular weight excluding hydrogens is 204 g/mol. The second kappa shape index (κ2) is 11.5. The van der Waals surface area contributed by atoms with Crippen LogP contribution in [0.5, 0.6) is 0 Å². The van der Waals surface area contributed by atoms with Crippen molar-refractivity contribution in [3.05, 3.63) is 12.2 Å². The summed E-state index contributed by atoms with van der Waals surface area (Å²) in [6.45, 7) is 3.01. The zero-order valence-corrected chi connectivity index (χ0v) is 7.84. The average molecular weight is 216 g/mol. The zero-order chi connectivity index (χ0) is 13.0. The molecule has 84 valence electrons. The van der Waals surface area contributed by atoms with Crippen LogP contribution in [0.2, 0.25) is 0 Å². The van der Waals surface area contributed by atoms with Crippen LogP contribution in [0.1, 0.15) is 6.42 Å². The molecule has 0 spiro atoms. The lowest BCUT2D eigenvalue weighted by atomic mass is 10.2. The number of carbonyl (C=O) groups excluding carboxylic acids is 1.